The van der Waals surface area contributed by atoms with Gasteiger partial charge in [-0.25, -0.2) is 18.6 Å². The minimum Gasteiger partial charge on any atom is -0.445 e. The third kappa shape index (κ3) is 6.05. The third-order valence-electron chi connectivity index (χ3n) is 11.2. The molecule has 4 amide bonds. The molecule has 2 saturated heterocycles. The number of pyridine rings is 1. The first kappa shape index (κ1) is 33.5. The molecule has 266 valence electrons. The van der Waals surface area contributed by atoms with Crippen LogP contribution in [0.15, 0.2) is 85.1 Å². The van der Waals surface area contributed by atoms with Gasteiger partial charge in [-0.15, -0.1) is 0 Å². The van der Waals surface area contributed by atoms with Gasteiger partial charge in [0, 0.05) is 36.6 Å². The predicted molar refractivity (Wildman–Crippen MR) is 187 cm³/mol. The van der Waals surface area contributed by atoms with E-state index < -0.39 is 40.5 Å². The molecule has 3 aliphatic heterocycles. The van der Waals surface area contributed by atoms with Crippen molar-refractivity contribution in [2.45, 2.75) is 56.6 Å². The molecule has 10 nitrogen and oxygen atoms in total. The van der Waals surface area contributed by atoms with E-state index in [4.69, 9.17) is 4.74 Å². The molecule has 0 bridgehead atoms. The molecule has 2 N–H and O–H groups in total. The molecule has 2 spiro atoms. The summed E-state index contributed by atoms with van der Waals surface area (Å²) < 4.78 is 34.4. The molecule has 2 atom stereocenters. The zero-order valence-corrected chi connectivity index (χ0v) is 28.4. The van der Waals surface area contributed by atoms with E-state index in [9.17, 15) is 28.0 Å². The number of aromatic nitrogens is 1. The highest BCUT2D eigenvalue weighted by Gasteiger charge is 2.52. The molecule has 2 fully saturated rings. The lowest BCUT2D eigenvalue weighted by Gasteiger charge is -2.49. The number of piperidine rings is 2. The molecule has 4 aliphatic rings. The SMILES string of the molecule is O=C(CN1C(=O)C2(CC[C@H]1c1cc(F)cc(F)c1)CCN(C(=O)OCc1ccccc1)CC2)Nc1ccc2c(c1)C[C@@]1(C2)C(=O)Nc2ncccc21. The lowest BCUT2D eigenvalue weighted by Crippen LogP contribution is -2.56. The van der Waals surface area contributed by atoms with Crippen molar-refractivity contribution in [2.24, 2.45) is 5.41 Å². The van der Waals surface area contributed by atoms with Gasteiger partial charge in [-0.05, 0) is 91.1 Å². The molecule has 4 aromatic rings. The number of amides is 4. The summed E-state index contributed by atoms with van der Waals surface area (Å²) in [4.78, 5) is 61.5. The zero-order chi connectivity index (χ0) is 36.0. The van der Waals surface area contributed by atoms with Crippen LogP contribution in [0.4, 0.5) is 25.1 Å². The standard InChI is InChI=1S/C40H37F2N5O5/c41-29-17-27(18-30(42)20-29)33-10-11-39(12-15-46(16-13-39)38(51)52-24-25-5-2-1-3-6-25)37(50)47(33)23-34(48)44-31-9-8-26-21-40(22-28(26)19-31)32-7-4-14-43-35(32)45-36(40)49/h1-9,14,17-20,33H,10-13,15-16,21-24H2,(H,44,48)(H,43,45,49)/t33-,40+/m0/s1. The number of rotatable bonds is 6. The van der Waals surface area contributed by atoms with E-state index in [1.807, 2.05) is 54.6 Å². The Morgan fingerprint density at radius 2 is 1.65 bits per heavy atom. The summed E-state index contributed by atoms with van der Waals surface area (Å²) in [5.74, 6) is -1.81. The normalized spacial score (nSPS) is 21.5. The number of benzene rings is 3. The first-order valence-corrected chi connectivity index (χ1v) is 17.5. The average molecular weight is 706 g/mol. The number of fused-ring (bicyclic) bond motifs is 3. The van der Waals surface area contributed by atoms with Crippen LogP contribution in [0.3, 0.4) is 0 Å². The summed E-state index contributed by atoms with van der Waals surface area (Å²) in [5, 5.41) is 5.82. The van der Waals surface area contributed by atoms with Gasteiger partial charge in [0.2, 0.25) is 17.7 Å². The summed E-state index contributed by atoms with van der Waals surface area (Å²) in [6.07, 6.45) is 3.72. The highest BCUT2D eigenvalue weighted by atomic mass is 19.1. The summed E-state index contributed by atoms with van der Waals surface area (Å²) in [5.41, 5.74) is 2.85. The number of hydrogen-bond donors (Lipinski definition) is 2. The number of carbonyl (C=O) groups is 4. The molecule has 0 radical (unpaired) electrons. The largest absolute Gasteiger partial charge is 0.445 e. The number of carbonyl (C=O) groups excluding carboxylic acids is 4. The van der Waals surface area contributed by atoms with Crippen molar-refractivity contribution in [2.75, 3.05) is 30.3 Å². The zero-order valence-electron chi connectivity index (χ0n) is 28.4. The molecule has 1 aromatic heterocycles. The van der Waals surface area contributed by atoms with Crippen molar-refractivity contribution < 1.29 is 32.7 Å². The molecule has 0 saturated carbocycles. The Kier molecular flexibility index (Phi) is 8.47. The molecule has 8 rings (SSSR count). The Hall–Kier alpha value is -5.65. The smallest absolute Gasteiger partial charge is 0.410 e. The van der Waals surface area contributed by atoms with E-state index in [0.717, 1.165) is 28.3 Å². The molecular formula is C40H37F2N5O5. The summed E-state index contributed by atoms with van der Waals surface area (Å²) in [6, 6.07) is 21.1. The number of likely N-dealkylation sites (tertiary alicyclic amines) is 2. The third-order valence-corrected chi connectivity index (χ3v) is 11.2. The summed E-state index contributed by atoms with van der Waals surface area (Å²) in [6.45, 7) is 0.400. The van der Waals surface area contributed by atoms with E-state index in [2.05, 4.69) is 15.6 Å². The lowest BCUT2D eigenvalue weighted by atomic mass is 9.69. The first-order chi connectivity index (χ1) is 25.1. The number of hydrogen-bond acceptors (Lipinski definition) is 6. The fourth-order valence-corrected chi connectivity index (χ4v) is 8.51. The average Bonchev–Trinajstić information content (AvgIpc) is 3.65. The number of ether oxygens (including phenoxy) is 1. The topological polar surface area (TPSA) is 121 Å². The van der Waals surface area contributed by atoms with Gasteiger partial charge >= 0.3 is 6.09 Å². The molecule has 4 heterocycles. The van der Waals surface area contributed by atoms with Gasteiger partial charge in [0.25, 0.3) is 0 Å². The van der Waals surface area contributed by atoms with Gasteiger partial charge in [0.1, 0.15) is 30.6 Å². The fourth-order valence-electron chi connectivity index (χ4n) is 8.51. The number of halogens is 2. The van der Waals surface area contributed by atoms with E-state index in [0.29, 0.717) is 63.1 Å². The second-order valence-corrected chi connectivity index (χ2v) is 14.3. The molecule has 1 aliphatic carbocycles. The van der Waals surface area contributed by atoms with Crippen LogP contribution in [0.1, 0.15) is 59.5 Å². The van der Waals surface area contributed by atoms with Crippen LogP contribution in [0.25, 0.3) is 0 Å². The van der Waals surface area contributed by atoms with Crippen molar-refractivity contribution in [1.29, 1.82) is 0 Å². The van der Waals surface area contributed by atoms with Gasteiger partial charge in [-0.2, -0.15) is 0 Å². The predicted octanol–water partition coefficient (Wildman–Crippen LogP) is 6.07. The number of nitrogens with zero attached hydrogens (tertiary/aromatic N) is 3. The summed E-state index contributed by atoms with van der Waals surface area (Å²) >= 11 is 0. The van der Waals surface area contributed by atoms with Crippen LogP contribution in [0.2, 0.25) is 0 Å². The molecule has 0 unspecified atom stereocenters. The minimum absolute atomic E-state index is 0.102. The van der Waals surface area contributed by atoms with E-state index in [1.54, 1.807) is 17.2 Å². The summed E-state index contributed by atoms with van der Waals surface area (Å²) in [7, 11) is 0. The van der Waals surface area contributed by atoms with Crippen molar-refractivity contribution in [3.05, 3.63) is 125 Å². The van der Waals surface area contributed by atoms with Crippen LogP contribution in [0.5, 0.6) is 0 Å². The number of anilines is 2. The van der Waals surface area contributed by atoms with Crippen molar-refractivity contribution >= 4 is 35.3 Å². The molecular weight excluding hydrogens is 668 g/mol. The van der Waals surface area contributed by atoms with Crippen molar-refractivity contribution in [1.82, 2.24) is 14.8 Å². The van der Waals surface area contributed by atoms with E-state index in [1.165, 1.54) is 17.0 Å². The monoisotopic (exact) mass is 705 g/mol. The van der Waals surface area contributed by atoms with E-state index >= 15 is 0 Å². The van der Waals surface area contributed by atoms with Gasteiger partial charge < -0.3 is 25.2 Å². The van der Waals surface area contributed by atoms with E-state index in [-0.39, 0.29) is 30.5 Å². The maximum atomic E-state index is 14.4. The quantitative estimate of drug-likeness (QED) is 0.251. The van der Waals surface area contributed by atoms with Crippen LogP contribution >= 0.6 is 0 Å². The lowest BCUT2D eigenvalue weighted by molar-refractivity contribution is -0.155. The van der Waals surface area contributed by atoms with Crippen LogP contribution in [0, 0.1) is 17.0 Å². The highest BCUT2D eigenvalue weighted by Crippen LogP contribution is 2.48. The second kappa shape index (κ2) is 13.2. The highest BCUT2D eigenvalue weighted by molar-refractivity contribution is 6.06. The maximum absolute atomic E-state index is 14.4. The Labute approximate surface area is 299 Å². The Morgan fingerprint density at radius 1 is 0.904 bits per heavy atom. The van der Waals surface area contributed by atoms with Gasteiger partial charge in [0.15, 0.2) is 0 Å². The Morgan fingerprint density at radius 3 is 2.42 bits per heavy atom. The first-order valence-electron chi connectivity index (χ1n) is 17.5. The second-order valence-electron chi connectivity index (χ2n) is 14.3. The van der Waals surface area contributed by atoms with Crippen molar-refractivity contribution in [3.8, 4) is 0 Å². The Balaban J connectivity index is 0.978. The maximum Gasteiger partial charge on any atom is 0.410 e. The van der Waals surface area contributed by atoms with Crippen LogP contribution < -0.4 is 10.6 Å². The van der Waals surface area contributed by atoms with Crippen LogP contribution in [-0.2, 0) is 44.0 Å². The van der Waals surface area contributed by atoms with Gasteiger partial charge in [-0.1, -0.05) is 42.5 Å². The van der Waals surface area contributed by atoms with Crippen LogP contribution in [-0.4, -0.2) is 58.2 Å². The number of nitrogens with one attached hydrogen (secondary N) is 2. The van der Waals surface area contributed by atoms with Crippen molar-refractivity contribution in [3.63, 3.8) is 0 Å². The fraction of sp³-hybridized carbons (Fsp3) is 0.325. The van der Waals surface area contributed by atoms with Gasteiger partial charge in [-0.3, -0.25) is 14.4 Å². The Bertz CT molecular complexity index is 2070. The molecule has 12 heteroatoms. The minimum atomic E-state index is -0.840. The van der Waals surface area contributed by atoms with Gasteiger partial charge in [0.05, 0.1) is 16.9 Å². The molecule has 52 heavy (non-hydrogen) atoms. The molecule has 3 aromatic carbocycles.